The molecule has 1 rings (SSSR count). The highest BCUT2D eigenvalue weighted by Crippen LogP contribution is 2.36. The molecule has 0 aliphatic carbocycles. The van der Waals surface area contributed by atoms with E-state index < -0.39 is 5.51 Å². The van der Waals surface area contributed by atoms with Gasteiger partial charge in [0.15, 0.2) is 0 Å². The fourth-order valence-corrected chi connectivity index (χ4v) is 2.11. The van der Waals surface area contributed by atoms with Gasteiger partial charge in [-0.3, -0.25) is 0 Å². The van der Waals surface area contributed by atoms with Gasteiger partial charge in [-0.2, -0.15) is 13.2 Å². The molecule has 0 amide bonds. The van der Waals surface area contributed by atoms with Crippen LogP contribution in [-0.2, 0) is 0 Å². The number of thioether (sulfide) groups is 1. The van der Waals surface area contributed by atoms with Crippen molar-refractivity contribution in [3.63, 3.8) is 0 Å². The van der Waals surface area contributed by atoms with Crippen LogP contribution in [0.2, 0.25) is 0 Å². The second-order valence-corrected chi connectivity index (χ2v) is 5.79. The molecule has 0 bridgehead atoms. The minimum Gasteiger partial charge on any atom is -0.394 e. The van der Waals surface area contributed by atoms with Crippen molar-refractivity contribution in [3.8, 4) is 0 Å². The predicted octanol–water partition coefficient (Wildman–Crippen LogP) is 3.58. The van der Waals surface area contributed by atoms with E-state index in [2.05, 4.69) is 5.32 Å². The molecule has 0 heterocycles. The zero-order valence-electron chi connectivity index (χ0n) is 10.9. The molecule has 1 aromatic rings. The molecular weight excluding hydrogens is 275 g/mol. The van der Waals surface area contributed by atoms with Crippen LogP contribution in [0.25, 0.3) is 0 Å². The maximum absolute atomic E-state index is 12.2. The smallest absolute Gasteiger partial charge is 0.394 e. The molecule has 1 unspecified atom stereocenters. The van der Waals surface area contributed by atoms with Crippen molar-refractivity contribution in [2.45, 2.75) is 30.3 Å². The lowest BCUT2D eigenvalue weighted by Gasteiger charge is -2.18. The minimum absolute atomic E-state index is 0.0848. The average molecular weight is 293 g/mol. The van der Waals surface area contributed by atoms with Crippen molar-refractivity contribution in [1.29, 1.82) is 0 Å². The highest BCUT2D eigenvalue weighted by Gasteiger charge is 2.29. The number of hydrogen-bond donors (Lipinski definition) is 2. The van der Waals surface area contributed by atoms with Crippen LogP contribution in [0.1, 0.15) is 25.5 Å². The molecule has 6 heteroatoms. The van der Waals surface area contributed by atoms with Crippen LogP contribution < -0.4 is 5.32 Å². The lowest BCUT2D eigenvalue weighted by molar-refractivity contribution is -0.0328. The van der Waals surface area contributed by atoms with E-state index in [9.17, 15) is 18.3 Å². The topological polar surface area (TPSA) is 32.3 Å². The van der Waals surface area contributed by atoms with E-state index in [1.165, 1.54) is 12.1 Å². The van der Waals surface area contributed by atoms with Gasteiger partial charge in [0.2, 0.25) is 0 Å². The number of halogens is 3. The van der Waals surface area contributed by atoms with Crippen LogP contribution in [0.4, 0.5) is 13.2 Å². The third-order valence-electron chi connectivity index (χ3n) is 2.47. The first kappa shape index (κ1) is 16.3. The minimum atomic E-state index is -4.27. The van der Waals surface area contributed by atoms with Crippen molar-refractivity contribution >= 4 is 11.8 Å². The quantitative estimate of drug-likeness (QED) is 0.786. The fraction of sp³-hybridized carbons (Fsp3) is 0.538. The second-order valence-electron chi connectivity index (χ2n) is 4.65. The molecule has 0 radical (unpaired) electrons. The lowest BCUT2D eigenvalue weighted by Crippen LogP contribution is -2.27. The molecule has 1 atom stereocenters. The average Bonchev–Trinajstić information content (AvgIpc) is 2.29. The Bertz CT molecular complexity index is 378. The molecule has 2 N–H and O–H groups in total. The second kappa shape index (κ2) is 7.17. The molecule has 0 aliphatic heterocycles. The summed E-state index contributed by atoms with van der Waals surface area (Å²) < 4.78 is 36.6. The van der Waals surface area contributed by atoms with Gasteiger partial charge in [-0.1, -0.05) is 26.0 Å². The highest BCUT2D eigenvalue weighted by molar-refractivity contribution is 8.00. The maximum atomic E-state index is 12.2. The van der Waals surface area contributed by atoms with Crippen LogP contribution in [0, 0.1) is 5.92 Å². The summed E-state index contributed by atoms with van der Waals surface area (Å²) in [6.07, 6.45) is 0. The van der Waals surface area contributed by atoms with Gasteiger partial charge in [-0.15, -0.1) is 0 Å². The summed E-state index contributed by atoms with van der Waals surface area (Å²) in [6, 6.07) is 5.83. The summed E-state index contributed by atoms with van der Waals surface area (Å²) >= 11 is -0.136. The van der Waals surface area contributed by atoms with Gasteiger partial charge >= 0.3 is 5.51 Å². The van der Waals surface area contributed by atoms with Gasteiger partial charge in [-0.05, 0) is 41.9 Å². The molecule has 0 fully saturated rings. The van der Waals surface area contributed by atoms with Crippen LogP contribution in [-0.4, -0.2) is 23.8 Å². The summed E-state index contributed by atoms with van der Waals surface area (Å²) in [6.45, 7) is 4.75. The molecule has 19 heavy (non-hydrogen) atoms. The van der Waals surface area contributed by atoms with Crippen LogP contribution in [0.3, 0.4) is 0 Å². The molecule has 1 aromatic carbocycles. The first-order valence-corrected chi connectivity index (χ1v) is 6.83. The van der Waals surface area contributed by atoms with Gasteiger partial charge in [-0.25, -0.2) is 0 Å². The van der Waals surface area contributed by atoms with Crippen molar-refractivity contribution in [2.24, 2.45) is 5.92 Å². The van der Waals surface area contributed by atoms with Crippen molar-refractivity contribution < 1.29 is 18.3 Å². The molecule has 0 saturated heterocycles. The molecule has 2 nitrogen and oxygen atoms in total. The Kier molecular flexibility index (Phi) is 6.16. The fourth-order valence-electron chi connectivity index (χ4n) is 1.57. The van der Waals surface area contributed by atoms with Crippen molar-refractivity contribution in [2.75, 3.05) is 13.2 Å². The van der Waals surface area contributed by atoms with E-state index in [0.717, 1.165) is 12.1 Å². The van der Waals surface area contributed by atoms with E-state index in [1.54, 1.807) is 12.1 Å². The Labute approximate surface area is 115 Å². The zero-order chi connectivity index (χ0) is 14.5. The van der Waals surface area contributed by atoms with E-state index in [1.807, 2.05) is 13.8 Å². The molecule has 0 spiro atoms. The largest absolute Gasteiger partial charge is 0.446 e. The van der Waals surface area contributed by atoms with Gasteiger partial charge in [0, 0.05) is 4.90 Å². The van der Waals surface area contributed by atoms with Crippen LogP contribution in [0.5, 0.6) is 0 Å². The normalized spacial score (nSPS) is 13.8. The zero-order valence-corrected chi connectivity index (χ0v) is 11.7. The summed E-state index contributed by atoms with van der Waals surface area (Å²) in [4.78, 5) is 0.150. The lowest BCUT2D eigenvalue weighted by atomic mass is 10.1. The molecule has 0 aromatic heterocycles. The summed E-state index contributed by atoms with van der Waals surface area (Å²) in [7, 11) is 0. The Balaban J connectivity index is 2.67. The van der Waals surface area contributed by atoms with E-state index in [4.69, 9.17) is 0 Å². The summed E-state index contributed by atoms with van der Waals surface area (Å²) in [5.74, 6) is 0.439. The third-order valence-corrected chi connectivity index (χ3v) is 3.21. The number of nitrogens with one attached hydrogen (secondary N) is 1. The first-order chi connectivity index (χ1) is 8.81. The number of hydrogen-bond acceptors (Lipinski definition) is 3. The van der Waals surface area contributed by atoms with E-state index >= 15 is 0 Å². The van der Waals surface area contributed by atoms with Crippen molar-refractivity contribution in [1.82, 2.24) is 5.32 Å². The number of benzene rings is 1. The molecule has 108 valence electrons. The van der Waals surface area contributed by atoms with Crippen molar-refractivity contribution in [3.05, 3.63) is 29.8 Å². The Morgan fingerprint density at radius 3 is 2.21 bits per heavy atom. The standard InChI is InChI=1S/C13H18F3NOS/c1-9(2)7-17-12(8-18)10-3-5-11(6-4-10)19-13(14,15)16/h3-6,9,12,17-18H,7-8H2,1-2H3. The molecular formula is C13H18F3NOS. The van der Waals surface area contributed by atoms with E-state index in [-0.39, 0.29) is 29.3 Å². The molecule has 0 saturated carbocycles. The maximum Gasteiger partial charge on any atom is 0.446 e. The summed E-state index contributed by atoms with van der Waals surface area (Å²) in [5.41, 5.74) is -3.48. The van der Waals surface area contributed by atoms with Gasteiger partial charge in [0.05, 0.1) is 12.6 Å². The Morgan fingerprint density at radius 2 is 1.79 bits per heavy atom. The number of rotatable bonds is 6. The third kappa shape index (κ3) is 6.31. The predicted molar refractivity (Wildman–Crippen MR) is 71.0 cm³/mol. The van der Waals surface area contributed by atoms with E-state index in [0.29, 0.717) is 5.92 Å². The van der Waals surface area contributed by atoms with Crippen LogP contribution >= 0.6 is 11.8 Å². The Hall–Kier alpha value is -0.720. The van der Waals surface area contributed by atoms with Gasteiger partial charge < -0.3 is 10.4 Å². The van der Waals surface area contributed by atoms with Gasteiger partial charge in [0.1, 0.15) is 0 Å². The first-order valence-electron chi connectivity index (χ1n) is 6.01. The Morgan fingerprint density at radius 1 is 1.21 bits per heavy atom. The van der Waals surface area contributed by atoms with Gasteiger partial charge in [0.25, 0.3) is 0 Å². The monoisotopic (exact) mass is 293 g/mol. The van der Waals surface area contributed by atoms with Crippen LogP contribution in [0.15, 0.2) is 29.2 Å². The SMILES string of the molecule is CC(C)CNC(CO)c1ccc(SC(F)(F)F)cc1. The molecule has 0 aliphatic rings. The summed E-state index contributed by atoms with van der Waals surface area (Å²) in [5, 5.41) is 12.5. The number of aliphatic hydroxyl groups excluding tert-OH is 1. The highest BCUT2D eigenvalue weighted by atomic mass is 32.2. The number of alkyl halides is 3. The number of aliphatic hydroxyl groups is 1.